The van der Waals surface area contributed by atoms with Crippen LogP contribution in [0.4, 0.5) is 0 Å². The van der Waals surface area contributed by atoms with Crippen molar-refractivity contribution in [2.24, 2.45) is 0 Å². The molecule has 1 aliphatic heterocycles. The highest BCUT2D eigenvalue weighted by Gasteiger charge is 2.34. The van der Waals surface area contributed by atoms with Gasteiger partial charge in [0.05, 0.1) is 5.41 Å². The van der Waals surface area contributed by atoms with E-state index in [0.29, 0.717) is 11.7 Å². The molecule has 1 saturated heterocycles. The van der Waals surface area contributed by atoms with Crippen LogP contribution in [0, 0.1) is 13.8 Å². The van der Waals surface area contributed by atoms with Crippen molar-refractivity contribution in [3.8, 4) is 11.5 Å². The van der Waals surface area contributed by atoms with Gasteiger partial charge in [-0.05, 0) is 51.3 Å². The van der Waals surface area contributed by atoms with Gasteiger partial charge in [0.15, 0.2) is 0 Å². The quantitative estimate of drug-likeness (QED) is 0.909. The maximum atomic E-state index is 5.51. The summed E-state index contributed by atoms with van der Waals surface area (Å²) in [5.41, 5.74) is 2.95. The van der Waals surface area contributed by atoms with Crippen molar-refractivity contribution in [3.63, 3.8) is 0 Å². The Morgan fingerprint density at radius 3 is 2.90 bits per heavy atom. The smallest absolute Gasteiger partial charge is 0.234 e. The van der Waals surface area contributed by atoms with Gasteiger partial charge in [-0.15, -0.1) is 0 Å². The third kappa shape index (κ3) is 2.33. The predicted molar refractivity (Wildman–Crippen MR) is 76.5 cm³/mol. The second-order valence-electron chi connectivity index (χ2n) is 5.94. The molecule has 0 radical (unpaired) electrons. The summed E-state index contributed by atoms with van der Waals surface area (Å²) in [7, 11) is 0. The van der Waals surface area contributed by atoms with Gasteiger partial charge in [0, 0.05) is 12.7 Å². The van der Waals surface area contributed by atoms with E-state index in [2.05, 4.69) is 33.4 Å². The first-order chi connectivity index (χ1) is 9.58. The number of nitrogens with zero attached hydrogens (tertiary/aromatic N) is 3. The summed E-state index contributed by atoms with van der Waals surface area (Å²) < 4.78 is 5.51. The van der Waals surface area contributed by atoms with Gasteiger partial charge < -0.3 is 9.84 Å². The van der Waals surface area contributed by atoms with Gasteiger partial charge in [0.1, 0.15) is 5.69 Å². The van der Waals surface area contributed by atoms with Crippen LogP contribution in [-0.2, 0) is 5.41 Å². The monoisotopic (exact) mass is 272 g/mol. The Morgan fingerprint density at radius 1 is 1.35 bits per heavy atom. The van der Waals surface area contributed by atoms with E-state index in [1.165, 1.54) is 0 Å². The van der Waals surface area contributed by atoms with Crippen LogP contribution in [0.25, 0.3) is 11.5 Å². The molecule has 1 unspecified atom stereocenters. The zero-order valence-corrected chi connectivity index (χ0v) is 12.2. The Hall–Kier alpha value is -1.75. The van der Waals surface area contributed by atoms with Gasteiger partial charge >= 0.3 is 0 Å². The molecule has 5 nitrogen and oxygen atoms in total. The zero-order chi connectivity index (χ0) is 14.2. The Balaban J connectivity index is 1.93. The third-order valence-electron chi connectivity index (χ3n) is 3.97. The number of hydrogen-bond acceptors (Lipinski definition) is 5. The van der Waals surface area contributed by atoms with Crippen molar-refractivity contribution in [1.82, 2.24) is 20.4 Å². The molecule has 0 amide bonds. The topological polar surface area (TPSA) is 63.8 Å². The van der Waals surface area contributed by atoms with Crippen LogP contribution in [0.15, 0.2) is 16.8 Å². The number of nitrogens with one attached hydrogen (secondary N) is 1. The Kier molecular flexibility index (Phi) is 3.30. The van der Waals surface area contributed by atoms with E-state index in [1.54, 1.807) is 0 Å². The fourth-order valence-electron chi connectivity index (χ4n) is 2.75. The van der Waals surface area contributed by atoms with E-state index < -0.39 is 0 Å². The van der Waals surface area contributed by atoms with E-state index in [9.17, 15) is 0 Å². The highest BCUT2D eigenvalue weighted by Crippen LogP contribution is 2.30. The largest absolute Gasteiger partial charge is 0.338 e. The molecule has 1 aliphatic rings. The summed E-state index contributed by atoms with van der Waals surface area (Å²) in [5, 5.41) is 7.52. The average Bonchev–Trinajstić information content (AvgIpc) is 2.90. The molecule has 1 atom stereocenters. The summed E-state index contributed by atoms with van der Waals surface area (Å²) in [4.78, 5) is 9.01. The first-order valence-corrected chi connectivity index (χ1v) is 7.07. The van der Waals surface area contributed by atoms with Gasteiger partial charge in [-0.1, -0.05) is 11.2 Å². The molecule has 1 fully saturated rings. The SMILES string of the molecule is Cc1cnc(-c2noc(C3(C)CCCNC3)n2)c(C)c1. The first kappa shape index (κ1) is 13.2. The number of hydrogen-bond donors (Lipinski definition) is 1. The van der Waals surface area contributed by atoms with Crippen LogP contribution in [0.1, 0.15) is 36.8 Å². The summed E-state index contributed by atoms with van der Waals surface area (Å²) in [6, 6.07) is 2.09. The Morgan fingerprint density at radius 2 is 2.20 bits per heavy atom. The minimum Gasteiger partial charge on any atom is -0.338 e. The molecule has 20 heavy (non-hydrogen) atoms. The highest BCUT2D eigenvalue weighted by atomic mass is 16.5. The molecule has 1 N–H and O–H groups in total. The highest BCUT2D eigenvalue weighted by molar-refractivity contribution is 5.54. The molecule has 0 saturated carbocycles. The first-order valence-electron chi connectivity index (χ1n) is 7.07. The molecule has 5 heteroatoms. The van der Waals surface area contributed by atoms with Gasteiger partial charge in [0.2, 0.25) is 11.7 Å². The number of aromatic nitrogens is 3. The minimum atomic E-state index is -0.0674. The van der Waals surface area contributed by atoms with E-state index >= 15 is 0 Å². The van der Waals surface area contributed by atoms with Crippen LogP contribution >= 0.6 is 0 Å². The predicted octanol–water partition coefficient (Wildman–Crippen LogP) is 2.39. The Bertz CT molecular complexity index is 614. The van der Waals surface area contributed by atoms with Crippen LogP contribution in [0.3, 0.4) is 0 Å². The van der Waals surface area contributed by atoms with Gasteiger partial charge in [-0.2, -0.15) is 4.98 Å². The van der Waals surface area contributed by atoms with Crippen LogP contribution in [-0.4, -0.2) is 28.2 Å². The lowest BCUT2D eigenvalue weighted by atomic mass is 9.83. The average molecular weight is 272 g/mol. The summed E-state index contributed by atoms with van der Waals surface area (Å²) >= 11 is 0. The molecule has 0 aliphatic carbocycles. The summed E-state index contributed by atoms with van der Waals surface area (Å²) in [5.74, 6) is 1.30. The Labute approximate surface area is 118 Å². The molecule has 3 heterocycles. The standard InChI is InChI=1S/C15H20N4O/c1-10-7-11(2)12(17-8-10)13-18-14(20-19-13)15(3)5-4-6-16-9-15/h7-8,16H,4-6,9H2,1-3H3. The second kappa shape index (κ2) is 4.98. The van der Waals surface area contributed by atoms with Crippen molar-refractivity contribution in [1.29, 1.82) is 0 Å². The van der Waals surface area contributed by atoms with Crippen molar-refractivity contribution in [2.45, 2.75) is 39.0 Å². The molecule has 2 aromatic heterocycles. The van der Waals surface area contributed by atoms with E-state index in [-0.39, 0.29) is 5.41 Å². The summed E-state index contributed by atoms with van der Waals surface area (Å²) in [6.45, 7) is 8.17. The van der Waals surface area contributed by atoms with E-state index in [1.807, 2.05) is 20.0 Å². The molecule has 0 spiro atoms. The zero-order valence-electron chi connectivity index (χ0n) is 12.2. The number of aryl methyl sites for hydroxylation is 2. The number of piperidine rings is 1. The van der Waals surface area contributed by atoms with E-state index in [4.69, 9.17) is 4.52 Å². The van der Waals surface area contributed by atoms with Crippen molar-refractivity contribution in [2.75, 3.05) is 13.1 Å². The van der Waals surface area contributed by atoms with Crippen LogP contribution in [0.5, 0.6) is 0 Å². The summed E-state index contributed by atoms with van der Waals surface area (Å²) in [6.07, 6.45) is 4.04. The molecular weight excluding hydrogens is 252 g/mol. The van der Waals surface area contributed by atoms with Crippen molar-refractivity contribution < 1.29 is 4.52 Å². The van der Waals surface area contributed by atoms with Crippen molar-refractivity contribution in [3.05, 3.63) is 29.3 Å². The molecule has 3 rings (SSSR count). The third-order valence-corrected chi connectivity index (χ3v) is 3.97. The molecule has 106 valence electrons. The number of rotatable bonds is 2. The van der Waals surface area contributed by atoms with Crippen LogP contribution < -0.4 is 5.32 Å². The van der Waals surface area contributed by atoms with Gasteiger partial charge in [0.25, 0.3) is 0 Å². The molecule has 2 aromatic rings. The molecule has 0 bridgehead atoms. The molecular formula is C15H20N4O. The van der Waals surface area contributed by atoms with E-state index in [0.717, 1.165) is 42.8 Å². The maximum absolute atomic E-state index is 5.51. The maximum Gasteiger partial charge on any atom is 0.234 e. The fraction of sp³-hybridized carbons (Fsp3) is 0.533. The lowest BCUT2D eigenvalue weighted by Crippen LogP contribution is -2.41. The van der Waals surface area contributed by atoms with Crippen LogP contribution in [0.2, 0.25) is 0 Å². The number of pyridine rings is 1. The second-order valence-corrected chi connectivity index (χ2v) is 5.94. The minimum absolute atomic E-state index is 0.0674. The van der Waals surface area contributed by atoms with Gasteiger partial charge in [-0.25, -0.2) is 0 Å². The van der Waals surface area contributed by atoms with Crippen molar-refractivity contribution >= 4 is 0 Å². The fourth-order valence-corrected chi connectivity index (χ4v) is 2.75. The lowest BCUT2D eigenvalue weighted by molar-refractivity contribution is 0.245. The normalized spacial score (nSPS) is 22.9. The van der Waals surface area contributed by atoms with Gasteiger partial charge in [-0.3, -0.25) is 4.98 Å². The molecule has 0 aromatic carbocycles. The lowest BCUT2D eigenvalue weighted by Gasteiger charge is -2.30.